The Morgan fingerprint density at radius 1 is 1.14 bits per heavy atom. The van der Waals surface area contributed by atoms with Crippen molar-refractivity contribution in [3.8, 4) is 0 Å². The number of aliphatic carboxylic acids is 1. The zero-order valence-corrected chi connectivity index (χ0v) is 22.5. The van der Waals surface area contributed by atoms with E-state index < -0.39 is 5.97 Å². The fourth-order valence-electron chi connectivity index (χ4n) is 6.08. The van der Waals surface area contributed by atoms with Crippen LogP contribution >= 0.6 is 0 Å². The number of carbonyl (C=O) groups is 1. The predicted molar refractivity (Wildman–Crippen MR) is 148 cm³/mol. The highest BCUT2D eigenvalue weighted by Gasteiger charge is 2.28. The first-order valence-corrected chi connectivity index (χ1v) is 13.6. The summed E-state index contributed by atoms with van der Waals surface area (Å²) in [6, 6.07) is 10.7. The molecule has 2 N–H and O–H groups in total. The number of carboxylic acid groups (broad SMARTS) is 1. The molecule has 7 nitrogen and oxygen atoms in total. The van der Waals surface area contributed by atoms with Gasteiger partial charge in [-0.25, -0.2) is 4.98 Å². The number of hydrogen-bond donors (Lipinski definition) is 2. The van der Waals surface area contributed by atoms with Crippen molar-refractivity contribution in [2.24, 2.45) is 5.92 Å². The number of carboxylic acids is 1. The van der Waals surface area contributed by atoms with Crippen molar-refractivity contribution < 1.29 is 9.90 Å². The van der Waals surface area contributed by atoms with Gasteiger partial charge in [0.2, 0.25) is 0 Å². The average Bonchev–Trinajstić information content (AvgIpc) is 3.49. The standard InChI is InChI=1S/C30H39N5O2/c1-20-10-13-26(35-29-21(2)24(12-15-28(36)37)11-14-27(29)33(4)32-35)18-25(20)19-34-17-16-31-30(34)22(3)23-8-6-5-7-9-23/h10-11,13-14,16-18,22-23,32H,5-9,12,15,19H2,1-4H3,(H,36,37). The van der Waals surface area contributed by atoms with Crippen LogP contribution in [0, 0.1) is 19.8 Å². The highest BCUT2D eigenvalue weighted by molar-refractivity contribution is 5.84. The lowest BCUT2D eigenvalue weighted by Crippen LogP contribution is -2.39. The van der Waals surface area contributed by atoms with Crippen LogP contribution in [0.2, 0.25) is 0 Å². The van der Waals surface area contributed by atoms with Crippen molar-refractivity contribution in [1.29, 1.82) is 0 Å². The maximum absolute atomic E-state index is 11.2. The lowest BCUT2D eigenvalue weighted by Gasteiger charge is -2.28. The maximum atomic E-state index is 11.2. The molecule has 3 aromatic rings. The van der Waals surface area contributed by atoms with E-state index in [1.807, 2.05) is 24.3 Å². The third kappa shape index (κ3) is 5.10. The number of anilines is 3. The van der Waals surface area contributed by atoms with Gasteiger partial charge in [0.25, 0.3) is 0 Å². The van der Waals surface area contributed by atoms with E-state index in [0.29, 0.717) is 12.3 Å². The van der Waals surface area contributed by atoms with E-state index >= 15 is 0 Å². The first kappa shape index (κ1) is 25.3. The van der Waals surface area contributed by atoms with Crippen molar-refractivity contribution in [3.05, 3.63) is 70.8 Å². The molecule has 0 saturated heterocycles. The summed E-state index contributed by atoms with van der Waals surface area (Å²) in [7, 11) is 2.01. The van der Waals surface area contributed by atoms with Gasteiger partial charge in [-0.2, -0.15) is 0 Å². The van der Waals surface area contributed by atoms with Gasteiger partial charge in [-0.15, -0.1) is 5.53 Å². The van der Waals surface area contributed by atoms with Gasteiger partial charge in [0.05, 0.1) is 17.1 Å². The van der Waals surface area contributed by atoms with Crippen LogP contribution in [-0.4, -0.2) is 27.7 Å². The molecule has 2 heterocycles. The minimum absolute atomic E-state index is 0.129. The first-order valence-electron chi connectivity index (χ1n) is 13.6. The van der Waals surface area contributed by atoms with Gasteiger partial charge < -0.3 is 9.67 Å². The largest absolute Gasteiger partial charge is 0.481 e. The number of benzene rings is 2. The summed E-state index contributed by atoms with van der Waals surface area (Å²) in [5, 5.41) is 13.3. The van der Waals surface area contributed by atoms with Crippen molar-refractivity contribution in [3.63, 3.8) is 0 Å². The highest BCUT2D eigenvalue weighted by atomic mass is 16.4. The molecular formula is C30H39N5O2. The molecule has 1 saturated carbocycles. The number of aryl methyl sites for hydroxylation is 2. The molecule has 1 aromatic heterocycles. The summed E-state index contributed by atoms with van der Waals surface area (Å²) in [5.41, 5.74) is 11.4. The summed E-state index contributed by atoms with van der Waals surface area (Å²) in [5.74, 6) is 1.61. The van der Waals surface area contributed by atoms with Crippen molar-refractivity contribution in [2.45, 2.75) is 78.2 Å². The number of nitrogens with one attached hydrogen (secondary N) is 1. The van der Waals surface area contributed by atoms with Gasteiger partial charge in [-0.1, -0.05) is 38.3 Å². The van der Waals surface area contributed by atoms with Crippen LogP contribution in [0.4, 0.5) is 17.1 Å². The molecule has 2 aliphatic rings. The molecule has 37 heavy (non-hydrogen) atoms. The van der Waals surface area contributed by atoms with E-state index in [-0.39, 0.29) is 6.42 Å². The van der Waals surface area contributed by atoms with Crippen molar-refractivity contribution >= 4 is 23.0 Å². The van der Waals surface area contributed by atoms with E-state index in [1.54, 1.807) is 0 Å². The van der Waals surface area contributed by atoms with Crippen LogP contribution in [-0.2, 0) is 17.8 Å². The first-order chi connectivity index (χ1) is 17.8. The second-order valence-corrected chi connectivity index (χ2v) is 10.8. The minimum atomic E-state index is -0.771. The molecule has 1 aliphatic carbocycles. The number of hydrazine groups is 2. The second-order valence-electron chi connectivity index (χ2n) is 10.8. The van der Waals surface area contributed by atoms with Gasteiger partial charge in [0.15, 0.2) is 0 Å². The molecule has 1 atom stereocenters. The Morgan fingerprint density at radius 3 is 2.68 bits per heavy atom. The maximum Gasteiger partial charge on any atom is 0.303 e. The Bertz CT molecular complexity index is 1280. The summed E-state index contributed by atoms with van der Waals surface area (Å²) in [6.45, 7) is 7.40. The number of imidazole rings is 1. The Hall–Kier alpha value is -3.32. The quantitative estimate of drug-likeness (QED) is 0.380. The molecule has 0 amide bonds. The van der Waals surface area contributed by atoms with E-state index in [1.165, 1.54) is 49.1 Å². The predicted octanol–water partition coefficient (Wildman–Crippen LogP) is 6.26. The second kappa shape index (κ2) is 10.6. The number of hydrogen-bond acceptors (Lipinski definition) is 5. The molecule has 1 fully saturated rings. The van der Waals surface area contributed by atoms with Crippen LogP contribution < -0.4 is 15.6 Å². The Kier molecular flexibility index (Phi) is 7.24. The summed E-state index contributed by atoms with van der Waals surface area (Å²) in [4.78, 5) is 16.0. The summed E-state index contributed by atoms with van der Waals surface area (Å²) >= 11 is 0. The van der Waals surface area contributed by atoms with Gasteiger partial charge in [-0.3, -0.25) is 14.8 Å². The average molecular weight is 502 g/mol. The molecule has 1 aliphatic heterocycles. The van der Waals surface area contributed by atoms with Crippen molar-refractivity contribution in [2.75, 3.05) is 17.1 Å². The van der Waals surface area contributed by atoms with Gasteiger partial charge in [0, 0.05) is 38.3 Å². The third-order valence-electron chi connectivity index (χ3n) is 8.41. The van der Waals surface area contributed by atoms with Crippen LogP contribution in [0.15, 0.2) is 42.7 Å². The molecular weight excluding hydrogens is 462 g/mol. The van der Waals surface area contributed by atoms with Gasteiger partial charge in [0.1, 0.15) is 5.82 Å². The molecule has 5 rings (SSSR count). The number of rotatable bonds is 8. The SMILES string of the molecule is Cc1ccc(N2NN(C)c3ccc(CCC(=O)O)c(C)c32)cc1Cn1ccnc1C(C)C1CCCCC1. The summed E-state index contributed by atoms with van der Waals surface area (Å²) < 4.78 is 2.33. The van der Waals surface area contributed by atoms with Crippen LogP contribution in [0.25, 0.3) is 0 Å². The van der Waals surface area contributed by atoms with E-state index in [9.17, 15) is 9.90 Å². The van der Waals surface area contributed by atoms with Crippen molar-refractivity contribution in [1.82, 2.24) is 15.1 Å². The molecule has 7 heteroatoms. The van der Waals surface area contributed by atoms with Gasteiger partial charge >= 0.3 is 5.97 Å². The zero-order chi connectivity index (χ0) is 26.1. The van der Waals surface area contributed by atoms with Crippen LogP contribution in [0.3, 0.4) is 0 Å². The Labute approximate surface area is 220 Å². The molecule has 1 unspecified atom stereocenters. The lowest BCUT2D eigenvalue weighted by atomic mass is 9.80. The third-order valence-corrected chi connectivity index (χ3v) is 8.41. The minimum Gasteiger partial charge on any atom is -0.481 e. The van der Waals surface area contributed by atoms with Crippen LogP contribution in [0.5, 0.6) is 0 Å². The fraction of sp³-hybridized carbons (Fsp3) is 0.467. The fourth-order valence-corrected chi connectivity index (χ4v) is 6.08. The topological polar surface area (TPSA) is 73.6 Å². The van der Waals surface area contributed by atoms with E-state index in [0.717, 1.165) is 40.7 Å². The van der Waals surface area contributed by atoms with E-state index in [4.69, 9.17) is 4.98 Å². The van der Waals surface area contributed by atoms with E-state index in [2.05, 4.69) is 66.3 Å². The molecule has 0 radical (unpaired) electrons. The smallest absolute Gasteiger partial charge is 0.303 e. The number of fused-ring (bicyclic) bond motifs is 1. The molecule has 196 valence electrons. The molecule has 0 bridgehead atoms. The van der Waals surface area contributed by atoms with Gasteiger partial charge in [-0.05, 0) is 79.5 Å². The normalized spacial score (nSPS) is 16.8. The van der Waals surface area contributed by atoms with Crippen LogP contribution in [0.1, 0.15) is 79.4 Å². The molecule has 0 spiro atoms. The Morgan fingerprint density at radius 2 is 1.92 bits per heavy atom. The zero-order valence-electron chi connectivity index (χ0n) is 22.5. The highest BCUT2D eigenvalue weighted by Crippen LogP contribution is 2.42. The monoisotopic (exact) mass is 501 g/mol. The lowest BCUT2D eigenvalue weighted by molar-refractivity contribution is -0.136. The molecule has 2 aromatic carbocycles. The number of nitrogens with zero attached hydrogens (tertiary/aromatic N) is 4. The summed E-state index contributed by atoms with van der Waals surface area (Å²) in [6.07, 6.45) is 11.4. The Balaban J connectivity index is 1.43. The number of aromatic nitrogens is 2.